The lowest BCUT2D eigenvalue weighted by molar-refractivity contribution is 1.31. The van der Waals surface area contributed by atoms with E-state index in [9.17, 15) is 0 Å². The Morgan fingerprint density at radius 2 is 1.42 bits per heavy atom. The number of anilines is 2. The molecule has 0 saturated heterocycles. The van der Waals surface area contributed by atoms with Crippen LogP contribution in [0.5, 0.6) is 0 Å². The second-order valence-electron chi connectivity index (χ2n) is 5.27. The van der Waals surface area contributed by atoms with E-state index in [2.05, 4.69) is 11.4 Å². The number of nitrogens with zero attached hydrogens (tertiary/aromatic N) is 2. The van der Waals surface area contributed by atoms with E-state index in [1.165, 1.54) is 0 Å². The maximum Gasteiger partial charge on any atom is 0.167 e. The standard InChI is InChI=1S/C20H15N3S/c1-3-9-15(10-4-1)21-19-20(22-16-11-5-2-6-12-16)24-18-14-8-7-13-17(18)23-19/h1-14H,(H,21,23). The fourth-order valence-corrected chi connectivity index (χ4v) is 3.31. The molecule has 116 valence electrons. The molecule has 0 saturated carbocycles. The topological polar surface area (TPSA) is 37.3 Å². The van der Waals surface area contributed by atoms with Gasteiger partial charge in [-0.2, -0.15) is 0 Å². The molecule has 3 aromatic carbocycles. The lowest BCUT2D eigenvalue weighted by Gasteiger charge is -2.07. The van der Waals surface area contributed by atoms with Gasteiger partial charge in [0.1, 0.15) is 0 Å². The van der Waals surface area contributed by atoms with E-state index in [0.29, 0.717) is 0 Å². The van der Waals surface area contributed by atoms with Crippen molar-refractivity contribution in [1.82, 2.24) is 4.98 Å². The van der Waals surface area contributed by atoms with Crippen molar-refractivity contribution in [1.29, 1.82) is 0 Å². The van der Waals surface area contributed by atoms with Crippen LogP contribution in [0.4, 0.5) is 17.2 Å². The Hall–Kier alpha value is -2.98. The van der Waals surface area contributed by atoms with Crippen LogP contribution in [0.1, 0.15) is 0 Å². The monoisotopic (exact) mass is 329 g/mol. The third-order valence-electron chi connectivity index (χ3n) is 3.53. The van der Waals surface area contributed by atoms with Crippen LogP contribution in [-0.4, -0.2) is 4.98 Å². The van der Waals surface area contributed by atoms with Crippen LogP contribution in [0.3, 0.4) is 0 Å². The molecule has 0 radical (unpaired) electrons. The van der Waals surface area contributed by atoms with Crippen LogP contribution >= 0.6 is 11.3 Å². The van der Waals surface area contributed by atoms with Gasteiger partial charge >= 0.3 is 0 Å². The molecule has 0 aliphatic rings. The first-order valence-corrected chi connectivity index (χ1v) is 8.52. The Kier molecular flexibility index (Phi) is 4.04. The van der Waals surface area contributed by atoms with Crippen molar-refractivity contribution in [2.75, 3.05) is 5.32 Å². The lowest BCUT2D eigenvalue weighted by Crippen LogP contribution is -2.08. The van der Waals surface area contributed by atoms with Gasteiger partial charge in [-0.05, 0) is 36.4 Å². The number of hydrogen-bond donors (Lipinski definition) is 1. The molecule has 24 heavy (non-hydrogen) atoms. The maximum absolute atomic E-state index is 4.78. The lowest BCUT2D eigenvalue weighted by atomic mass is 10.3. The summed E-state index contributed by atoms with van der Waals surface area (Å²) in [4.78, 5) is 9.55. The third-order valence-corrected chi connectivity index (χ3v) is 4.57. The molecule has 1 aromatic heterocycles. The Balaban J connectivity index is 1.89. The molecule has 0 atom stereocenters. The number of rotatable bonds is 3. The van der Waals surface area contributed by atoms with Gasteiger partial charge < -0.3 is 5.32 Å². The van der Waals surface area contributed by atoms with Gasteiger partial charge in [-0.25, -0.2) is 9.98 Å². The number of para-hydroxylation sites is 3. The zero-order valence-electron chi connectivity index (χ0n) is 12.9. The van der Waals surface area contributed by atoms with E-state index < -0.39 is 0 Å². The summed E-state index contributed by atoms with van der Waals surface area (Å²) in [7, 11) is 0. The highest BCUT2D eigenvalue weighted by Crippen LogP contribution is 2.20. The normalized spacial score (nSPS) is 11.6. The Labute approximate surface area is 144 Å². The molecular formula is C20H15N3S. The van der Waals surface area contributed by atoms with Crippen LogP contribution in [0.15, 0.2) is 89.9 Å². The predicted octanol–water partition coefficient (Wildman–Crippen LogP) is 5.27. The van der Waals surface area contributed by atoms with E-state index in [1.807, 2.05) is 78.9 Å². The van der Waals surface area contributed by atoms with Crippen molar-refractivity contribution < 1.29 is 0 Å². The van der Waals surface area contributed by atoms with Gasteiger partial charge in [-0.15, -0.1) is 11.3 Å². The number of hydrogen-bond acceptors (Lipinski definition) is 4. The van der Waals surface area contributed by atoms with Crippen LogP contribution in [0, 0.1) is 0 Å². The number of aromatic nitrogens is 1. The third kappa shape index (κ3) is 3.19. The molecule has 0 unspecified atom stereocenters. The quantitative estimate of drug-likeness (QED) is 0.556. The summed E-state index contributed by atoms with van der Waals surface area (Å²) < 4.78 is 1.98. The van der Waals surface area contributed by atoms with Gasteiger partial charge in [-0.3, -0.25) is 0 Å². The van der Waals surface area contributed by atoms with Gasteiger partial charge in [0.2, 0.25) is 0 Å². The Morgan fingerprint density at radius 3 is 2.21 bits per heavy atom. The summed E-state index contributed by atoms with van der Waals surface area (Å²) in [5, 5.41) is 3.39. The molecule has 4 aromatic rings. The fourth-order valence-electron chi connectivity index (χ4n) is 2.39. The van der Waals surface area contributed by atoms with Crippen molar-refractivity contribution >= 4 is 38.7 Å². The zero-order valence-corrected chi connectivity index (χ0v) is 13.7. The molecule has 0 aliphatic carbocycles. The van der Waals surface area contributed by atoms with Gasteiger partial charge in [-0.1, -0.05) is 48.5 Å². The molecule has 1 heterocycles. The maximum atomic E-state index is 4.78. The van der Waals surface area contributed by atoms with Gasteiger partial charge in [0.25, 0.3) is 0 Å². The summed E-state index contributed by atoms with van der Waals surface area (Å²) in [5.74, 6) is 0.772. The van der Waals surface area contributed by atoms with Crippen LogP contribution in [0.25, 0.3) is 10.2 Å². The minimum atomic E-state index is 0.772. The molecule has 3 nitrogen and oxygen atoms in total. The largest absolute Gasteiger partial charge is 0.338 e. The first-order chi connectivity index (χ1) is 11.9. The molecule has 4 rings (SSSR count). The van der Waals surface area contributed by atoms with Crippen molar-refractivity contribution in [3.8, 4) is 0 Å². The summed E-state index contributed by atoms with van der Waals surface area (Å²) in [6.45, 7) is 0. The first kappa shape index (κ1) is 14.6. The zero-order chi connectivity index (χ0) is 16.2. The molecule has 0 bridgehead atoms. The molecule has 0 spiro atoms. The van der Waals surface area contributed by atoms with Crippen molar-refractivity contribution in [3.05, 3.63) is 89.6 Å². The Morgan fingerprint density at radius 1 is 0.750 bits per heavy atom. The van der Waals surface area contributed by atoms with Crippen molar-refractivity contribution in [2.45, 2.75) is 0 Å². The van der Waals surface area contributed by atoms with Crippen molar-refractivity contribution in [3.63, 3.8) is 0 Å². The Bertz CT molecular complexity index is 1020. The average molecular weight is 329 g/mol. The average Bonchev–Trinajstić information content (AvgIpc) is 2.64. The highest BCUT2D eigenvalue weighted by molar-refractivity contribution is 7.16. The van der Waals surface area contributed by atoms with E-state index >= 15 is 0 Å². The first-order valence-electron chi connectivity index (χ1n) is 7.70. The smallest absolute Gasteiger partial charge is 0.167 e. The highest BCUT2D eigenvalue weighted by Gasteiger charge is 2.04. The van der Waals surface area contributed by atoms with Crippen LogP contribution < -0.4 is 9.99 Å². The fraction of sp³-hybridized carbons (Fsp3) is 0. The molecular weight excluding hydrogens is 314 g/mol. The van der Waals surface area contributed by atoms with Crippen LogP contribution in [0.2, 0.25) is 0 Å². The van der Waals surface area contributed by atoms with E-state index in [-0.39, 0.29) is 0 Å². The summed E-state index contributed by atoms with van der Waals surface area (Å²) >= 11 is 1.64. The van der Waals surface area contributed by atoms with Gasteiger partial charge in [0, 0.05) is 5.69 Å². The molecule has 4 heteroatoms. The van der Waals surface area contributed by atoms with E-state index in [4.69, 9.17) is 9.98 Å². The minimum Gasteiger partial charge on any atom is -0.338 e. The highest BCUT2D eigenvalue weighted by atomic mass is 32.1. The number of benzene rings is 3. The molecule has 0 amide bonds. The minimum absolute atomic E-state index is 0.772. The summed E-state index contributed by atoms with van der Waals surface area (Å²) in [6, 6.07) is 28.1. The molecule has 1 N–H and O–H groups in total. The van der Waals surface area contributed by atoms with Crippen LogP contribution in [-0.2, 0) is 0 Å². The molecule has 0 aliphatic heterocycles. The summed E-state index contributed by atoms with van der Waals surface area (Å²) in [5.41, 5.74) is 2.88. The number of nitrogens with one attached hydrogen (secondary N) is 1. The van der Waals surface area contributed by atoms with Crippen molar-refractivity contribution in [2.24, 2.45) is 4.99 Å². The predicted molar refractivity (Wildman–Crippen MR) is 101 cm³/mol. The number of fused-ring (bicyclic) bond motifs is 1. The SMILES string of the molecule is c1ccc(N=c2sc3ccccc3nc2Nc2ccccc2)cc1. The van der Waals surface area contributed by atoms with Gasteiger partial charge in [0.15, 0.2) is 10.5 Å². The second-order valence-corrected chi connectivity index (χ2v) is 6.30. The summed E-state index contributed by atoms with van der Waals surface area (Å²) in [6.07, 6.45) is 0. The second kappa shape index (κ2) is 6.64. The molecule has 0 fully saturated rings. The van der Waals surface area contributed by atoms with Gasteiger partial charge in [0.05, 0.1) is 15.9 Å². The van der Waals surface area contributed by atoms with E-state index in [1.54, 1.807) is 11.3 Å². The van der Waals surface area contributed by atoms with E-state index in [0.717, 1.165) is 32.1 Å².